The van der Waals surface area contributed by atoms with Gasteiger partial charge in [-0.3, -0.25) is 0 Å². The van der Waals surface area contributed by atoms with Gasteiger partial charge < -0.3 is 5.32 Å². The fourth-order valence-corrected chi connectivity index (χ4v) is 2.52. The topological polar surface area (TPSA) is 12.0 Å². The molecule has 84 valence electrons. The lowest BCUT2D eigenvalue weighted by Crippen LogP contribution is -2.36. The van der Waals surface area contributed by atoms with Crippen molar-refractivity contribution < 1.29 is 0 Å². The Kier molecular flexibility index (Phi) is 6.63. The Hall–Kier alpha value is 0.250. The van der Waals surface area contributed by atoms with Crippen LogP contribution in [0.1, 0.15) is 58.3 Å². The molecule has 14 heavy (non-hydrogen) atoms. The van der Waals surface area contributed by atoms with Crippen LogP contribution in [0, 0.1) is 0 Å². The lowest BCUT2D eigenvalue weighted by Gasteiger charge is -2.21. The fourth-order valence-electron chi connectivity index (χ4n) is 2.15. The Bertz CT molecular complexity index is 138. The van der Waals surface area contributed by atoms with Crippen molar-refractivity contribution >= 4 is 11.6 Å². The molecule has 0 aromatic rings. The summed E-state index contributed by atoms with van der Waals surface area (Å²) in [5, 5.41) is 3.99. The third-order valence-corrected chi connectivity index (χ3v) is 3.64. The summed E-state index contributed by atoms with van der Waals surface area (Å²) in [5.41, 5.74) is 0. The van der Waals surface area contributed by atoms with Crippen LogP contribution in [0.15, 0.2) is 0 Å². The average molecular weight is 218 g/mol. The minimum Gasteiger partial charge on any atom is -0.313 e. The Labute approximate surface area is 93.6 Å². The van der Waals surface area contributed by atoms with Gasteiger partial charge in [-0.05, 0) is 25.8 Å². The minimum atomic E-state index is 0.374. The third-order valence-electron chi connectivity index (χ3n) is 3.12. The van der Waals surface area contributed by atoms with Crippen molar-refractivity contribution in [2.75, 3.05) is 6.54 Å². The van der Waals surface area contributed by atoms with Gasteiger partial charge >= 0.3 is 0 Å². The standard InChI is InChI=1S/C12H24ClN/c1-2-3-7-10-14-12-9-6-4-5-8-11(12)13/h11-12,14H,2-10H2,1H3. The molecular weight excluding hydrogens is 194 g/mol. The van der Waals surface area contributed by atoms with E-state index in [2.05, 4.69) is 12.2 Å². The van der Waals surface area contributed by atoms with Crippen molar-refractivity contribution in [1.82, 2.24) is 5.32 Å². The molecule has 1 nitrogen and oxygen atoms in total. The van der Waals surface area contributed by atoms with Gasteiger partial charge in [-0.2, -0.15) is 0 Å². The zero-order chi connectivity index (χ0) is 10.2. The maximum atomic E-state index is 6.34. The molecule has 2 heteroatoms. The number of hydrogen-bond donors (Lipinski definition) is 1. The average Bonchev–Trinajstić information content (AvgIpc) is 2.39. The molecular formula is C12H24ClN. The summed E-state index contributed by atoms with van der Waals surface area (Å²) in [5.74, 6) is 0. The van der Waals surface area contributed by atoms with Crippen LogP contribution in [0.2, 0.25) is 0 Å². The number of hydrogen-bond acceptors (Lipinski definition) is 1. The highest BCUT2D eigenvalue weighted by atomic mass is 35.5. The SMILES string of the molecule is CCCCCNC1CCCCCC1Cl. The summed E-state index contributed by atoms with van der Waals surface area (Å²) in [7, 11) is 0. The van der Waals surface area contributed by atoms with Gasteiger partial charge in [-0.1, -0.05) is 39.0 Å². The lowest BCUT2D eigenvalue weighted by atomic mass is 10.1. The van der Waals surface area contributed by atoms with Crippen LogP contribution in [-0.4, -0.2) is 18.0 Å². The van der Waals surface area contributed by atoms with E-state index >= 15 is 0 Å². The molecule has 0 aromatic heterocycles. The predicted molar refractivity (Wildman–Crippen MR) is 64.0 cm³/mol. The van der Waals surface area contributed by atoms with Gasteiger partial charge in [0.05, 0.1) is 0 Å². The normalized spacial score (nSPS) is 28.7. The van der Waals surface area contributed by atoms with Crippen LogP contribution >= 0.6 is 11.6 Å². The van der Waals surface area contributed by atoms with Crippen LogP contribution in [-0.2, 0) is 0 Å². The lowest BCUT2D eigenvalue weighted by molar-refractivity contribution is 0.456. The van der Waals surface area contributed by atoms with E-state index in [0.717, 1.165) is 6.54 Å². The number of alkyl halides is 1. The second kappa shape index (κ2) is 7.53. The Balaban J connectivity index is 2.13. The molecule has 1 fully saturated rings. The summed E-state index contributed by atoms with van der Waals surface area (Å²) in [6.07, 6.45) is 10.5. The minimum absolute atomic E-state index is 0.374. The monoisotopic (exact) mass is 217 g/mol. The zero-order valence-electron chi connectivity index (χ0n) is 9.40. The summed E-state index contributed by atoms with van der Waals surface area (Å²) in [4.78, 5) is 0. The Morgan fingerprint density at radius 1 is 1.14 bits per heavy atom. The fraction of sp³-hybridized carbons (Fsp3) is 1.00. The number of unbranched alkanes of at least 4 members (excludes halogenated alkanes) is 2. The van der Waals surface area contributed by atoms with Crippen LogP contribution in [0.25, 0.3) is 0 Å². The van der Waals surface area contributed by atoms with E-state index in [1.54, 1.807) is 0 Å². The molecule has 0 aromatic carbocycles. The van der Waals surface area contributed by atoms with Crippen molar-refractivity contribution in [2.45, 2.75) is 69.7 Å². The molecule has 1 rings (SSSR count). The van der Waals surface area contributed by atoms with Crippen molar-refractivity contribution in [1.29, 1.82) is 0 Å². The van der Waals surface area contributed by atoms with Crippen LogP contribution in [0.4, 0.5) is 0 Å². The Morgan fingerprint density at radius 3 is 2.71 bits per heavy atom. The quantitative estimate of drug-likeness (QED) is 0.421. The van der Waals surface area contributed by atoms with E-state index < -0.39 is 0 Å². The number of halogens is 1. The van der Waals surface area contributed by atoms with Gasteiger partial charge in [0.25, 0.3) is 0 Å². The Morgan fingerprint density at radius 2 is 1.93 bits per heavy atom. The molecule has 0 aliphatic heterocycles. The molecule has 0 radical (unpaired) electrons. The smallest absolute Gasteiger partial charge is 0.0489 e. The largest absolute Gasteiger partial charge is 0.313 e. The van der Waals surface area contributed by atoms with Crippen LogP contribution < -0.4 is 5.32 Å². The predicted octanol–water partition coefficient (Wildman–Crippen LogP) is 3.71. The molecule has 1 saturated carbocycles. The number of nitrogens with one attached hydrogen (secondary N) is 1. The van der Waals surface area contributed by atoms with Crippen molar-refractivity contribution in [3.05, 3.63) is 0 Å². The summed E-state index contributed by atoms with van der Waals surface area (Å²) < 4.78 is 0. The van der Waals surface area contributed by atoms with Crippen LogP contribution in [0.5, 0.6) is 0 Å². The van der Waals surface area contributed by atoms with E-state index in [-0.39, 0.29) is 0 Å². The van der Waals surface area contributed by atoms with Gasteiger partial charge in [0.15, 0.2) is 0 Å². The highest BCUT2D eigenvalue weighted by molar-refractivity contribution is 6.21. The van der Waals surface area contributed by atoms with E-state index in [9.17, 15) is 0 Å². The molecule has 2 unspecified atom stereocenters. The summed E-state index contributed by atoms with van der Waals surface area (Å²) in [6.45, 7) is 3.40. The van der Waals surface area contributed by atoms with Gasteiger partial charge in [-0.15, -0.1) is 11.6 Å². The maximum Gasteiger partial charge on any atom is 0.0489 e. The highest BCUT2D eigenvalue weighted by Gasteiger charge is 2.20. The molecule has 0 heterocycles. The van der Waals surface area contributed by atoms with Crippen molar-refractivity contribution in [2.24, 2.45) is 0 Å². The van der Waals surface area contributed by atoms with Crippen molar-refractivity contribution in [3.8, 4) is 0 Å². The van der Waals surface area contributed by atoms with Crippen LogP contribution in [0.3, 0.4) is 0 Å². The molecule has 1 aliphatic rings. The van der Waals surface area contributed by atoms with E-state index in [1.807, 2.05) is 0 Å². The zero-order valence-corrected chi connectivity index (χ0v) is 10.2. The van der Waals surface area contributed by atoms with Gasteiger partial charge in [0.2, 0.25) is 0 Å². The molecule has 1 aliphatic carbocycles. The first-order valence-corrected chi connectivity index (χ1v) is 6.65. The summed E-state index contributed by atoms with van der Waals surface area (Å²) in [6, 6.07) is 0.580. The maximum absolute atomic E-state index is 6.34. The highest BCUT2D eigenvalue weighted by Crippen LogP contribution is 2.22. The first kappa shape index (κ1) is 12.3. The van der Waals surface area contributed by atoms with E-state index in [0.29, 0.717) is 11.4 Å². The first-order valence-electron chi connectivity index (χ1n) is 6.22. The second-order valence-corrected chi connectivity index (χ2v) is 4.98. The molecule has 0 saturated heterocycles. The molecule has 0 spiro atoms. The molecule has 0 bridgehead atoms. The number of rotatable bonds is 5. The first-order chi connectivity index (χ1) is 6.84. The van der Waals surface area contributed by atoms with Crippen molar-refractivity contribution in [3.63, 3.8) is 0 Å². The van der Waals surface area contributed by atoms with E-state index in [1.165, 1.54) is 51.4 Å². The van der Waals surface area contributed by atoms with E-state index in [4.69, 9.17) is 11.6 Å². The van der Waals surface area contributed by atoms with Gasteiger partial charge in [0, 0.05) is 11.4 Å². The summed E-state index contributed by atoms with van der Waals surface area (Å²) >= 11 is 6.34. The van der Waals surface area contributed by atoms with Gasteiger partial charge in [-0.25, -0.2) is 0 Å². The molecule has 0 amide bonds. The molecule has 2 atom stereocenters. The third kappa shape index (κ3) is 4.65. The van der Waals surface area contributed by atoms with Gasteiger partial charge in [0.1, 0.15) is 0 Å². The molecule has 1 N–H and O–H groups in total. The second-order valence-electron chi connectivity index (χ2n) is 4.42.